The predicted molar refractivity (Wildman–Crippen MR) is 88.8 cm³/mol. The van der Waals surface area contributed by atoms with Crippen LogP contribution in [0.25, 0.3) is 0 Å². The minimum Gasteiger partial charge on any atom is -0.423 e. The van der Waals surface area contributed by atoms with E-state index in [9.17, 15) is 12.8 Å². The smallest absolute Gasteiger partial charge is 0.241 e. The molecule has 0 fully saturated rings. The lowest BCUT2D eigenvalue weighted by Crippen LogP contribution is -2.29. The number of benzene rings is 2. The highest BCUT2D eigenvalue weighted by Crippen LogP contribution is 2.24. The fourth-order valence-electron chi connectivity index (χ4n) is 2.34. The molecule has 3 aromatic rings. The van der Waals surface area contributed by atoms with Crippen molar-refractivity contribution in [2.24, 2.45) is 0 Å². The molecule has 0 bridgehead atoms. The Morgan fingerprint density at radius 3 is 2.40 bits per heavy atom. The zero-order valence-corrected chi connectivity index (χ0v) is 14.4. The minimum absolute atomic E-state index is 0.0384. The van der Waals surface area contributed by atoms with Gasteiger partial charge < -0.3 is 4.42 Å². The Bertz CT molecular complexity index is 987. The highest BCUT2D eigenvalue weighted by molar-refractivity contribution is 7.89. The summed E-state index contributed by atoms with van der Waals surface area (Å²) < 4.78 is 46.9. The van der Waals surface area contributed by atoms with Gasteiger partial charge in [0.15, 0.2) is 0 Å². The van der Waals surface area contributed by atoms with Gasteiger partial charge in [0.25, 0.3) is 0 Å². The van der Waals surface area contributed by atoms with Crippen LogP contribution in [0, 0.1) is 19.7 Å². The van der Waals surface area contributed by atoms with Crippen molar-refractivity contribution in [3.63, 3.8) is 0 Å². The fraction of sp³-hybridized carbons (Fsp3) is 0.176. The topological polar surface area (TPSA) is 85.1 Å². The Morgan fingerprint density at radius 1 is 1.08 bits per heavy atom. The van der Waals surface area contributed by atoms with Gasteiger partial charge in [0.2, 0.25) is 21.8 Å². The average Bonchev–Trinajstić information content (AvgIpc) is 3.02. The van der Waals surface area contributed by atoms with Crippen molar-refractivity contribution < 1.29 is 17.2 Å². The van der Waals surface area contributed by atoms with E-state index in [0.29, 0.717) is 11.5 Å². The van der Waals surface area contributed by atoms with E-state index < -0.39 is 21.9 Å². The third-order valence-corrected chi connectivity index (χ3v) is 5.05. The molecule has 0 aliphatic carbocycles. The summed E-state index contributed by atoms with van der Waals surface area (Å²) in [5.74, 6) is -0.00931. The minimum atomic E-state index is -3.93. The number of hydrogen-bond donors (Lipinski definition) is 1. The normalized spacial score (nSPS) is 12.9. The van der Waals surface area contributed by atoms with Crippen molar-refractivity contribution >= 4 is 10.0 Å². The quantitative estimate of drug-likeness (QED) is 0.755. The molecule has 0 radical (unpaired) electrons. The summed E-state index contributed by atoms with van der Waals surface area (Å²) in [4.78, 5) is -0.0384. The third kappa shape index (κ3) is 3.75. The molecule has 8 heteroatoms. The molecule has 1 aromatic heterocycles. The molecular weight excluding hydrogens is 345 g/mol. The van der Waals surface area contributed by atoms with Crippen molar-refractivity contribution in [1.29, 1.82) is 0 Å². The number of nitrogens with zero attached hydrogens (tertiary/aromatic N) is 2. The molecule has 0 aliphatic rings. The summed E-state index contributed by atoms with van der Waals surface area (Å²) in [7, 11) is -3.93. The SMILES string of the molecule is Cc1nnc(C(NS(=O)(=O)c2ccc(F)c(C)c2)c2ccccc2)o1. The van der Waals surface area contributed by atoms with E-state index in [-0.39, 0.29) is 16.3 Å². The average molecular weight is 361 g/mol. The molecule has 1 unspecified atom stereocenters. The Kier molecular flexibility index (Phi) is 4.65. The molecule has 3 rings (SSSR count). The summed E-state index contributed by atoms with van der Waals surface area (Å²) in [6.45, 7) is 3.13. The molecular formula is C17H16FN3O3S. The summed E-state index contributed by atoms with van der Waals surface area (Å²) >= 11 is 0. The predicted octanol–water partition coefficient (Wildman–Crippen LogP) is 2.89. The van der Waals surface area contributed by atoms with Crippen LogP contribution in [-0.2, 0) is 10.0 Å². The molecule has 2 aromatic carbocycles. The summed E-state index contributed by atoms with van der Waals surface area (Å²) in [5.41, 5.74) is 0.890. The molecule has 25 heavy (non-hydrogen) atoms. The second kappa shape index (κ2) is 6.73. The lowest BCUT2D eigenvalue weighted by atomic mass is 10.1. The van der Waals surface area contributed by atoms with Crippen LogP contribution in [0.15, 0.2) is 57.8 Å². The Labute approximate surface area is 144 Å². The monoisotopic (exact) mass is 361 g/mol. The van der Waals surface area contributed by atoms with Gasteiger partial charge in [-0.15, -0.1) is 10.2 Å². The number of sulfonamides is 1. The lowest BCUT2D eigenvalue weighted by Gasteiger charge is -2.16. The van der Waals surface area contributed by atoms with Crippen LogP contribution in [-0.4, -0.2) is 18.6 Å². The first kappa shape index (κ1) is 17.2. The first-order valence-corrected chi connectivity index (χ1v) is 8.98. The Balaban J connectivity index is 2.01. The van der Waals surface area contributed by atoms with E-state index >= 15 is 0 Å². The van der Waals surface area contributed by atoms with Crippen LogP contribution in [0.5, 0.6) is 0 Å². The van der Waals surface area contributed by atoms with E-state index in [4.69, 9.17) is 4.42 Å². The number of halogens is 1. The molecule has 0 spiro atoms. The summed E-state index contributed by atoms with van der Waals surface area (Å²) in [5, 5.41) is 7.69. The zero-order chi connectivity index (χ0) is 18.0. The zero-order valence-electron chi connectivity index (χ0n) is 13.6. The van der Waals surface area contributed by atoms with E-state index in [1.165, 1.54) is 19.1 Å². The molecule has 6 nitrogen and oxygen atoms in total. The van der Waals surface area contributed by atoms with E-state index in [0.717, 1.165) is 6.07 Å². The number of rotatable bonds is 5. The fourth-order valence-corrected chi connectivity index (χ4v) is 3.60. The van der Waals surface area contributed by atoms with Crippen molar-refractivity contribution in [2.45, 2.75) is 24.8 Å². The number of aryl methyl sites for hydroxylation is 2. The van der Waals surface area contributed by atoms with Crippen LogP contribution in [0.1, 0.15) is 29.0 Å². The van der Waals surface area contributed by atoms with Crippen LogP contribution in [0.2, 0.25) is 0 Å². The van der Waals surface area contributed by atoms with Gasteiger partial charge in [0, 0.05) is 6.92 Å². The number of nitrogens with one attached hydrogen (secondary N) is 1. The van der Waals surface area contributed by atoms with Crippen molar-refractivity contribution in [2.75, 3.05) is 0 Å². The standard InChI is InChI=1S/C17H16FN3O3S/c1-11-10-14(8-9-15(11)18)25(22,23)21-16(13-6-4-3-5-7-13)17-20-19-12(2)24-17/h3-10,16,21H,1-2H3. The van der Waals surface area contributed by atoms with Crippen LogP contribution < -0.4 is 4.72 Å². The van der Waals surface area contributed by atoms with Crippen LogP contribution >= 0.6 is 0 Å². The van der Waals surface area contributed by atoms with Gasteiger partial charge in [-0.3, -0.25) is 0 Å². The summed E-state index contributed by atoms with van der Waals surface area (Å²) in [6, 6.07) is 11.6. The first-order valence-electron chi connectivity index (χ1n) is 7.50. The van der Waals surface area contributed by atoms with Crippen molar-refractivity contribution in [3.8, 4) is 0 Å². The third-order valence-electron chi connectivity index (χ3n) is 3.63. The number of hydrogen-bond acceptors (Lipinski definition) is 5. The largest absolute Gasteiger partial charge is 0.423 e. The maximum absolute atomic E-state index is 13.4. The van der Waals surface area contributed by atoms with Gasteiger partial charge in [-0.25, -0.2) is 12.8 Å². The Morgan fingerprint density at radius 2 is 1.80 bits per heavy atom. The molecule has 1 heterocycles. The lowest BCUT2D eigenvalue weighted by molar-refractivity contribution is 0.436. The molecule has 130 valence electrons. The summed E-state index contributed by atoms with van der Waals surface area (Å²) in [6.07, 6.45) is 0. The van der Waals surface area contributed by atoms with Gasteiger partial charge in [-0.1, -0.05) is 30.3 Å². The van der Waals surface area contributed by atoms with Gasteiger partial charge in [0.1, 0.15) is 11.9 Å². The maximum Gasteiger partial charge on any atom is 0.241 e. The molecule has 0 aliphatic heterocycles. The van der Waals surface area contributed by atoms with Crippen LogP contribution in [0.3, 0.4) is 0 Å². The highest BCUT2D eigenvalue weighted by Gasteiger charge is 2.27. The molecule has 1 N–H and O–H groups in total. The van der Waals surface area contributed by atoms with Gasteiger partial charge in [0.05, 0.1) is 4.90 Å². The van der Waals surface area contributed by atoms with E-state index in [1.807, 2.05) is 6.07 Å². The van der Waals surface area contributed by atoms with Crippen LogP contribution in [0.4, 0.5) is 4.39 Å². The highest BCUT2D eigenvalue weighted by atomic mass is 32.2. The van der Waals surface area contributed by atoms with Gasteiger partial charge in [-0.2, -0.15) is 4.72 Å². The van der Waals surface area contributed by atoms with Crippen molar-refractivity contribution in [3.05, 3.63) is 77.3 Å². The molecule has 0 saturated heterocycles. The second-order valence-corrected chi connectivity index (χ2v) is 7.25. The molecule has 0 saturated carbocycles. The van der Waals surface area contributed by atoms with Gasteiger partial charge >= 0.3 is 0 Å². The molecule has 1 atom stereocenters. The number of aromatic nitrogens is 2. The second-order valence-electron chi connectivity index (χ2n) is 5.54. The van der Waals surface area contributed by atoms with E-state index in [1.54, 1.807) is 31.2 Å². The maximum atomic E-state index is 13.4. The molecule has 0 amide bonds. The van der Waals surface area contributed by atoms with Gasteiger partial charge in [-0.05, 0) is 36.2 Å². The Hall–Kier alpha value is -2.58. The first-order chi connectivity index (χ1) is 11.9. The van der Waals surface area contributed by atoms with Crippen molar-refractivity contribution in [1.82, 2.24) is 14.9 Å². The van der Waals surface area contributed by atoms with E-state index in [2.05, 4.69) is 14.9 Å².